The van der Waals surface area contributed by atoms with Gasteiger partial charge in [-0.15, -0.1) is 0 Å². The Morgan fingerprint density at radius 1 is 0.545 bits per heavy atom. The number of fused-ring (bicyclic) bond motifs is 11. The van der Waals surface area contributed by atoms with Crippen LogP contribution in [0.1, 0.15) is 35.1 Å². The van der Waals surface area contributed by atoms with Crippen molar-refractivity contribution in [1.82, 2.24) is 0 Å². The fourth-order valence-electron chi connectivity index (χ4n) is 4.89. The summed E-state index contributed by atoms with van der Waals surface area (Å²) in [5, 5.41) is 9.05. The predicted octanol–water partition coefficient (Wildman–Crippen LogP) is 1.91. The van der Waals surface area contributed by atoms with Crippen molar-refractivity contribution in [2.24, 2.45) is 0 Å². The van der Waals surface area contributed by atoms with Gasteiger partial charge in [0.15, 0.2) is 0 Å². The van der Waals surface area contributed by atoms with E-state index in [0.29, 0.717) is 0 Å². The first-order valence-electron chi connectivity index (χ1n) is 8.31. The summed E-state index contributed by atoms with van der Waals surface area (Å²) in [5.41, 5.74) is 6.13. The van der Waals surface area contributed by atoms with Crippen molar-refractivity contribution in [2.45, 2.75) is 25.7 Å². The Balaban J connectivity index is 2.07. The normalized spacial score (nSPS) is 18.4. The molecule has 0 saturated carbocycles. The molecule has 4 aliphatic rings. The minimum absolute atomic E-state index is 1.09. The minimum Gasteiger partial charge on any atom is -0.0795 e. The molecule has 0 heteroatoms. The molecule has 0 N–H and O–H groups in total. The molecule has 22 heavy (non-hydrogen) atoms. The third kappa shape index (κ3) is 1.14. The Bertz CT molecular complexity index is 1200. The van der Waals surface area contributed by atoms with E-state index in [4.69, 9.17) is 0 Å². The molecule has 0 amide bonds. The van der Waals surface area contributed by atoms with Gasteiger partial charge in [-0.2, -0.15) is 0 Å². The molecule has 0 bridgehead atoms. The van der Waals surface area contributed by atoms with Crippen LogP contribution in [0.3, 0.4) is 0 Å². The van der Waals surface area contributed by atoms with Crippen molar-refractivity contribution in [3.05, 3.63) is 55.3 Å². The molecule has 104 valence electrons. The molecule has 0 aromatic heterocycles. The topological polar surface area (TPSA) is 0 Å². The highest BCUT2D eigenvalue weighted by Crippen LogP contribution is 2.36. The van der Waals surface area contributed by atoms with Crippen molar-refractivity contribution in [2.75, 3.05) is 0 Å². The molecule has 0 aliphatic heterocycles. The first kappa shape index (κ1) is 11.3. The Kier molecular flexibility index (Phi) is 1.89. The van der Waals surface area contributed by atoms with Gasteiger partial charge in [-0.25, -0.2) is 0 Å². The summed E-state index contributed by atoms with van der Waals surface area (Å²) in [7, 11) is 0. The van der Waals surface area contributed by atoms with Gasteiger partial charge in [0, 0.05) is 0 Å². The fourth-order valence-corrected chi connectivity index (χ4v) is 4.89. The van der Waals surface area contributed by atoms with Gasteiger partial charge < -0.3 is 0 Å². The number of rotatable bonds is 0. The van der Waals surface area contributed by atoms with Gasteiger partial charge in [0.05, 0.1) is 0 Å². The Morgan fingerprint density at radius 2 is 1.14 bits per heavy atom. The zero-order valence-corrected chi connectivity index (χ0v) is 12.4. The van der Waals surface area contributed by atoms with Crippen LogP contribution in [0.5, 0.6) is 0 Å². The van der Waals surface area contributed by atoms with Crippen LogP contribution in [0.2, 0.25) is 0 Å². The lowest BCUT2D eigenvalue weighted by Crippen LogP contribution is -2.46. The van der Waals surface area contributed by atoms with Crippen molar-refractivity contribution in [3.8, 4) is 0 Å². The summed E-state index contributed by atoms with van der Waals surface area (Å²) in [4.78, 5) is 0. The largest absolute Gasteiger partial charge is 0.0795 e. The summed E-state index contributed by atoms with van der Waals surface area (Å²) in [6, 6.07) is 0. The molecule has 0 spiro atoms. The molecule has 2 aromatic carbocycles. The molecule has 0 fully saturated rings. The molecule has 4 aliphatic carbocycles. The van der Waals surface area contributed by atoms with Gasteiger partial charge in [-0.3, -0.25) is 0 Å². The lowest BCUT2D eigenvalue weighted by Gasteiger charge is -2.14. The number of hydrogen-bond acceptors (Lipinski definition) is 0. The summed E-state index contributed by atoms with van der Waals surface area (Å²) >= 11 is 0. The smallest absolute Gasteiger partial charge is 0.00236 e. The van der Waals surface area contributed by atoms with Crippen LogP contribution >= 0.6 is 0 Å². The van der Waals surface area contributed by atoms with Gasteiger partial charge >= 0.3 is 0 Å². The van der Waals surface area contributed by atoms with E-state index in [2.05, 4.69) is 48.6 Å². The Morgan fingerprint density at radius 3 is 1.91 bits per heavy atom. The zero-order valence-electron chi connectivity index (χ0n) is 12.4. The highest BCUT2D eigenvalue weighted by Gasteiger charge is 2.23. The fraction of sp³-hybridized carbons (Fsp3) is 0.182. The van der Waals surface area contributed by atoms with Crippen molar-refractivity contribution < 1.29 is 0 Å². The zero-order chi connectivity index (χ0) is 14.3. The van der Waals surface area contributed by atoms with Crippen LogP contribution in [0.25, 0.3) is 47.2 Å². The van der Waals surface area contributed by atoms with Crippen molar-refractivity contribution >= 4 is 47.2 Å². The van der Waals surface area contributed by atoms with Gasteiger partial charge in [0.2, 0.25) is 0 Å². The molecular weight excluding hydrogens is 264 g/mol. The molecule has 0 radical (unpaired) electrons. The monoisotopic (exact) mass is 280 g/mol. The summed E-state index contributed by atoms with van der Waals surface area (Å²) in [6.45, 7) is 0. The van der Waals surface area contributed by atoms with E-state index in [-0.39, 0.29) is 0 Å². The third-order valence-corrected chi connectivity index (χ3v) is 5.71. The van der Waals surface area contributed by atoms with Crippen LogP contribution in [0, 0.1) is 0 Å². The lowest BCUT2D eigenvalue weighted by atomic mass is 9.89. The molecular formula is C22H16. The van der Waals surface area contributed by atoms with Crippen LogP contribution in [0.4, 0.5) is 0 Å². The van der Waals surface area contributed by atoms with Crippen LogP contribution in [-0.4, -0.2) is 0 Å². The SMILES string of the molecule is C1=Cc2c(c3c(c4c5c(c6c(c24)=CCC=6)=CCC=5)CC=C3)C1. The molecule has 2 aromatic rings. The predicted molar refractivity (Wildman–Crippen MR) is 95.0 cm³/mol. The van der Waals surface area contributed by atoms with E-state index in [0.717, 1.165) is 25.7 Å². The van der Waals surface area contributed by atoms with E-state index in [1.807, 2.05) is 0 Å². The third-order valence-electron chi connectivity index (χ3n) is 5.71. The molecule has 0 saturated heterocycles. The maximum absolute atomic E-state index is 2.44. The van der Waals surface area contributed by atoms with Crippen LogP contribution < -0.4 is 20.9 Å². The van der Waals surface area contributed by atoms with E-state index in [1.165, 1.54) is 37.4 Å². The van der Waals surface area contributed by atoms with Gasteiger partial charge in [0.1, 0.15) is 0 Å². The Labute approximate surface area is 128 Å². The van der Waals surface area contributed by atoms with Gasteiger partial charge in [-0.1, -0.05) is 48.6 Å². The molecule has 0 unspecified atom stereocenters. The summed E-state index contributed by atoms with van der Waals surface area (Å²) in [6.07, 6.45) is 23.5. The number of hydrogen-bond donors (Lipinski definition) is 0. The molecule has 6 rings (SSSR count). The lowest BCUT2D eigenvalue weighted by molar-refractivity contribution is 1.25. The first-order valence-corrected chi connectivity index (χ1v) is 8.31. The number of allylic oxidation sites excluding steroid dienone is 2. The second-order valence-corrected chi connectivity index (χ2v) is 6.69. The quantitative estimate of drug-likeness (QED) is 0.691. The first-order chi connectivity index (χ1) is 10.9. The highest BCUT2D eigenvalue weighted by atomic mass is 14.3. The Hall–Kier alpha value is -2.34. The summed E-state index contributed by atoms with van der Waals surface area (Å²) in [5.74, 6) is 0. The van der Waals surface area contributed by atoms with E-state index >= 15 is 0 Å². The second kappa shape index (κ2) is 3.70. The maximum Gasteiger partial charge on any atom is -0.00236 e. The van der Waals surface area contributed by atoms with Crippen LogP contribution in [0.15, 0.2) is 12.2 Å². The highest BCUT2D eigenvalue weighted by molar-refractivity contribution is 6.01. The molecule has 0 nitrogen and oxygen atoms in total. The average molecular weight is 280 g/mol. The van der Waals surface area contributed by atoms with Crippen LogP contribution in [-0.2, 0) is 12.8 Å². The van der Waals surface area contributed by atoms with E-state index in [1.54, 1.807) is 16.5 Å². The molecule has 0 atom stereocenters. The van der Waals surface area contributed by atoms with E-state index in [9.17, 15) is 0 Å². The number of benzene rings is 2. The second-order valence-electron chi connectivity index (χ2n) is 6.69. The standard InChI is InChI=1S/C22H16/c1-5-13-14-6-2-10-18(14)22-20-12-4-8-16(20)15-7-3-11-19(15)21(22)17(13)9-1/h1-2,5,7-8,10-12H,3-4,6,9H2. The molecule has 0 heterocycles. The van der Waals surface area contributed by atoms with E-state index < -0.39 is 0 Å². The maximum atomic E-state index is 2.44. The van der Waals surface area contributed by atoms with Crippen molar-refractivity contribution in [1.29, 1.82) is 0 Å². The average Bonchev–Trinajstić information content (AvgIpc) is 3.28. The van der Waals surface area contributed by atoms with Crippen molar-refractivity contribution in [3.63, 3.8) is 0 Å². The summed E-state index contributed by atoms with van der Waals surface area (Å²) < 4.78 is 0. The van der Waals surface area contributed by atoms with Gasteiger partial charge in [-0.05, 0) is 79.6 Å². The van der Waals surface area contributed by atoms with Gasteiger partial charge in [0.25, 0.3) is 0 Å². The minimum atomic E-state index is 1.09.